The zero-order chi connectivity index (χ0) is 15.0. The van der Waals surface area contributed by atoms with Crippen molar-refractivity contribution in [1.82, 2.24) is 0 Å². The molecule has 1 aromatic rings. The first-order valence-electron chi connectivity index (χ1n) is 6.90. The normalized spacial score (nSPS) is 25.9. The van der Waals surface area contributed by atoms with E-state index in [4.69, 9.17) is 4.74 Å². The molecule has 1 fully saturated rings. The molecular weight excluding hydrogens is 272 g/mol. The lowest BCUT2D eigenvalue weighted by molar-refractivity contribution is -0.384. The number of amides is 1. The van der Waals surface area contributed by atoms with Crippen LogP contribution in [0.15, 0.2) is 30.4 Å². The number of hydrogen-bond acceptors (Lipinski definition) is 4. The van der Waals surface area contributed by atoms with Crippen molar-refractivity contribution in [2.45, 2.75) is 12.8 Å². The Kier molecular flexibility index (Phi) is 3.37. The smallest absolute Gasteiger partial charge is 0.273 e. The first-order chi connectivity index (χ1) is 10.1. The number of ether oxygens (including phenoxy) is 1. The third-order valence-corrected chi connectivity index (χ3v) is 4.27. The number of nitrogens with one attached hydrogen (secondary N) is 1. The molecule has 1 amide bonds. The molecule has 0 saturated heterocycles. The second-order valence-electron chi connectivity index (χ2n) is 5.52. The number of nitro benzene ring substituents is 1. The Bertz CT molecular complexity index is 626. The van der Waals surface area contributed by atoms with E-state index in [0.29, 0.717) is 23.3 Å². The van der Waals surface area contributed by atoms with E-state index < -0.39 is 4.92 Å². The van der Waals surface area contributed by atoms with E-state index in [2.05, 4.69) is 17.5 Å². The van der Waals surface area contributed by atoms with E-state index >= 15 is 0 Å². The van der Waals surface area contributed by atoms with Crippen molar-refractivity contribution in [1.29, 1.82) is 0 Å². The van der Waals surface area contributed by atoms with Crippen LogP contribution in [-0.2, 0) is 4.79 Å². The molecule has 0 aliphatic heterocycles. The van der Waals surface area contributed by atoms with Crippen LogP contribution >= 0.6 is 0 Å². The van der Waals surface area contributed by atoms with Crippen LogP contribution < -0.4 is 10.1 Å². The second-order valence-corrected chi connectivity index (χ2v) is 5.52. The van der Waals surface area contributed by atoms with Crippen LogP contribution in [0.5, 0.6) is 5.75 Å². The zero-order valence-electron chi connectivity index (χ0n) is 11.6. The minimum absolute atomic E-state index is 0.0140. The van der Waals surface area contributed by atoms with E-state index in [1.807, 2.05) is 0 Å². The van der Waals surface area contributed by atoms with Gasteiger partial charge in [0.15, 0.2) is 0 Å². The molecule has 2 aliphatic carbocycles. The molecule has 3 atom stereocenters. The number of nitrogens with zero attached hydrogens (tertiary/aromatic N) is 1. The third-order valence-electron chi connectivity index (χ3n) is 4.27. The van der Waals surface area contributed by atoms with Gasteiger partial charge in [0.05, 0.1) is 23.8 Å². The summed E-state index contributed by atoms with van der Waals surface area (Å²) >= 11 is 0. The largest absolute Gasteiger partial charge is 0.494 e. The van der Waals surface area contributed by atoms with Gasteiger partial charge in [0.25, 0.3) is 5.69 Å². The Labute approximate surface area is 121 Å². The van der Waals surface area contributed by atoms with Crippen molar-refractivity contribution in [2.75, 3.05) is 12.4 Å². The number of carbonyl (C=O) groups excluding carboxylic acids is 1. The number of rotatable bonds is 4. The van der Waals surface area contributed by atoms with Crippen LogP contribution in [0.2, 0.25) is 0 Å². The fraction of sp³-hybridized carbons (Fsp3) is 0.400. The Balaban J connectivity index is 1.76. The lowest BCUT2D eigenvalue weighted by Gasteiger charge is -2.18. The summed E-state index contributed by atoms with van der Waals surface area (Å²) in [6.07, 6.45) is 6.23. The van der Waals surface area contributed by atoms with Crippen molar-refractivity contribution in [3.8, 4) is 5.75 Å². The van der Waals surface area contributed by atoms with Crippen LogP contribution in [-0.4, -0.2) is 17.9 Å². The Morgan fingerprint density at radius 1 is 1.38 bits per heavy atom. The maximum Gasteiger partial charge on any atom is 0.273 e. The van der Waals surface area contributed by atoms with Gasteiger partial charge in [-0.25, -0.2) is 0 Å². The number of hydrogen-bond donors (Lipinski definition) is 1. The fourth-order valence-corrected chi connectivity index (χ4v) is 3.20. The summed E-state index contributed by atoms with van der Waals surface area (Å²) in [4.78, 5) is 22.6. The lowest BCUT2D eigenvalue weighted by Crippen LogP contribution is -2.26. The van der Waals surface area contributed by atoms with E-state index in [-0.39, 0.29) is 17.5 Å². The SMILES string of the molecule is COc1cc([N+](=O)[O-])ccc1NC(=O)C1CC2C=CC1C2. The molecule has 0 radical (unpaired) electrons. The molecule has 0 spiro atoms. The van der Waals surface area contributed by atoms with Crippen molar-refractivity contribution >= 4 is 17.3 Å². The van der Waals surface area contributed by atoms with E-state index in [1.54, 1.807) is 0 Å². The van der Waals surface area contributed by atoms with Crippen LogP contribution in [0, 0.1) is 27.9 Å². The van der Waals surface area contributed by atoms with Gasteiger partial charge in [-0.15, -0.1) is 0 Å². The predicted molar refractivity (Wildman–Crippen MR) is 77.1 cm³/mol. The number of benzene rings is 1. The molecule has 110 valence electrons. The zero-order valence-corrected chi connectivity index (χ0v) is 11.6. The summed E-state index contributed by atoms with van der Waals surface area (Å²) in [6.45, 7) is 0. The van der Waals surface area contributed by atoms with Crippen molar-refractivity contribution in [2.24, 2.45) is 17.8 Å². The van der Waals surface area contributed by atoms with Crippen LogP contribution in [0.4, 0.5) is 11.4 Å². The van der Waals surface area contributed by atoms with Gasteiger partial charge in [-0.1, -0.05) is 12.2 Å². The molecule has 3 rings (SSSR count). The third kappa shape index (κ3) is 2.49. The number of allylic oxidation sites excluding steroid dienone is 2. The molecular formula is C15H16N2O4. The van der Waals surface area contributed by atoms with Gasteiger partial charge < -0.3 is 10.1 Å². The van der Waals surface area contributed by atoms with Gasteiger partial charge in [-0.05, 0) is 30.7 Å². The summed E-state index contributed by atoms with van der Waals surface area (Å²) in [7, 11) is 1.43. The van der Waals surface area contributed by atoms with Gasteiger partial charge in [0.1, 0.15) is 5.75 Å². The van der Waals surface area contributed by atoms with Crippen LogP contribution in [0.3, 0.4) is 0 Å². The van der Waals surface area contributed by atoms with Crippen molar-refractivity contribution in [3.05, 3.63) is 40.5 Å². The van der Waals surface area contributed by atoms with E-state index in [9.17, 15) is 14.9 Å². The molecule has 2 aliphatic rings. The quantitative estimate of drug-likeness (QED) is 0.524. The molecule has 6 nitrogen and oxygen atoms in total. The highest BCUT2D eigenvalue weighted by atomic mass is 16.6. The highest BCUT2D eigenvalue weighted by Crippen LogP contribution is 2.44. The lowest BCUT2D eigenvalue weighted by atomic mass is 9.93. The van der Waals surface area contributed by atoms with Crippen molar-refractivity contribution < 1.29 is 14.5 Å². The minimum atomic E-state index is -0.491. The van der Waals surface area contributed by atoms with Crippen LogP contribution in [0.25, 0.3) is 0 Å². The standard InChI is InChI=1S/C15H16N2O4/c1-21-14-8-11(17(19)20)4-5-13(14)16-15(18)12-7-9-2-3-10(12)6-9/h2-5,8-10,12H,6-7H2,1H3,(H,16,18). The summed E-state index contributed by atoms with van der Waals surface area (Å²) in [6, 6.07) is 4.19. The number of carbonyl (C=O) groups is 1. The molecule has 0 heterocycles. The minimum Gasteiger partial charge on any atom is -0.494 e. The molecule has 0 aromatic heterocycles. The van der Waals surface area contributed by atoms with Crippen LogP contribution in [0.1, 0.15) is 12.8 Å². The highest BCUT2D eigenvalue weighted by molar-refractivity contribution is 5.94. The number of methoxy groups -OCH3 is 1. The number of non-ortho nitro benzene ring substituents is 1. The maximum atomic E-state index is 12.4. The number of fused-ring (bicyclic) bond motifs is 2. The summed E-state index contributed by atoms with van der Waals surface area (Å²) in [5.41, 5.74) is 0.410. The molecule has 21 heavy (non-hydrogen) atoms. The molecule has 3 unspecified atom stereocenters. The topological polar surface area (TPSA) is 81.5 Å². The van der Waals surface area contributed by atoms with Gasteiger partial charge >= 0.3 is 0 Å². The van der Waals surface area contributed by atoms with E-state index in [1.165, 1.54) is 25.3 Å². The van der Waals surface area contributed by atoms with Gasteiger partial charge in [-0.2, -0.15) is 0 Å². The second kappa shape index (κ2) is 5.20. The summed E-state index contributed by atoms with van der Waals surface area (Å²) in [5, 5.41) is 13.6. The average Bonchev–Trinajstić information content (AvgIpc) is 3.10. The first kappa shape index (κ1) is 13.6. The van der Waals surface area contributed by atoms with Gasteiger partial charge in [0, 0.05) is 12.0 Å². The monoisotopic (exact) mass is 288 g/mol. The molecule has 2 bridgehead atoms. The van der Waals surface area contributed by atoms with Gasteiger partial charge in [0.2, 0.25) is 5.91 Å². The molecule has 1 N–H and O–H groups in total. The Morgan fingerprint density at radius 2 is 2.19 bits per heavy atom. The molecule has 1 saturated carbocycles. The van der Waals surface area contributed by atoms with Crippen molar-refractivity contribution in [3.63, 3.8) is 0 Å². The summed E-state index contributed by atoms with van der Waals surface area (Å²) in [5.74, 6) is 1.08. The number of anilines is 1. The predicted octanol–water partition coefficient (Wildman–Crippen LogP) is 2.75. The molecule has 1 aromatic carbocycles. The van der Waals surface area contributed by atoms with Gasteiger partial charge in [-0.3, -0.25) is 14.9 Å². The summed E-state index contributed by atoms with van der Waals surface area (Å²) < 4.78 is 5.13. The molecule has 6 heteroatoms. The highest BCUT2D eigenvalue weighted by Gasteiger charge is 2.39. The first-order valence-corrected chi connectivity index (χ1v) is 6.90. The fourth-order valence-electron chi connectivity index (χ4n) is 3.20. The average molecular weight is 288 g/mol. The number of nitro groups is 1. The van der Waals surface area contributed by atoms with E-state index in [0.717, 1.165) is 12.8 Å². The Hall–Kier alpha value is -2.37. The maximum absolute atomic E-state index is 12.4. The Morgan fingerprint density at radius 3 is 2.76 bits per heavy atom.